The molecule has 0 aliphatic rings. The smallest absolute Gasteiger partial charge is 0.252 e. The zero-order valence-corrected chi connectivity index (χ0v) is 12.0. The predicted octanol–water partition coefficient (Wildman–Crippen LogP) is 3.46. The van der Waals surface area contributed by atoms with Gasteiger partial charge in [0, 0.05) is 11.0 Å². The van der Waals surface area contributed by atoms with Crippen LogP contribution in [-0.2, 0) is 0 Å². The van der Waals surface area contributed by atoms with Gasteiger partial charge in [0.2, 0.25) is 0 Å². The van der Waals surface area contributed by atoms with Crippen molar-refractivity contribution in [1.82, 2.24) is 5.32 Å². The van der Waals surface area contributed by atoms with Crippen molar-refractivity contribution in [3.05, 3.63) is 34.1 Å². The Morgan fingerprint density at radius 1 is 1.47 bits per heavy atom. The summed E-state index contributed by atoms with van der Waals surface area (Å²) in [5.74, 6) is 0.588. The average molecular weight is 320 g/mol. The van der Waals surface area contributed by atoms with Crippen LogP contribution in [0.15, 0.2) is 22.7 Å². The van der Waals surface area contributed by atoms with E-state index in [1.54, 1.807) is 11.8 Å². The first-order chi connectivity index (χ1) is 8.15. The quantitative estimate of drug-likeness (QED) is 0.813. The summed E-state index contributed by atoms with van der Waals surface area (Å²) in [6.07, 6.45) is 4.12. The molecule has 0 aliphatic carbocycles. The number of hydrogen-bond donors (Lipinski definition) is 1. The van der Waals surface area contributed by atoms with E-state index in [4.69, 9.17) is 0 Å². The number of unbranched alkanes of at least 4 members (excludes halogenated alkanes) is 1. The van der Waals surface area contributed by atoms with Gasteiger partial charge >= 0.3 is 0 Å². The molecule has 94 valence electrons. The van der Waals surface area contributed by atoms with Crippen LogP contribution < -0.4 is 5.32 Å². The summed E-state index contributed by atoms with van der Waals surface area (Å²) in [4.78, 5) is 11.7. The fraction of sp³-hybridized carbons (Fsp3) is 0.417. The standard InChI is InChI=1S/C12H15BrFNOS/c1-17-7-3-2-6-15-12(16)10-5-4-9(14)8-11(10)13/h4-5,8H,2-3,6-7H2,1H3,(H,15,16). The number of amides is 1. The highest BCUT2D eigenvalue weighted by atomic mass is 79.9. The molecule has 2 nitrogen and oxygen atoms in total. The van der Waals surface area contributed by atoms with Gasteiger partial charge in [-0.2, -0.15) is 11.8 Å². The third-order valence-corrected chi connectivity index (χ3v) is 3.59. The van der Waals surface area contributed by atoms with E-state index in [-0.39, 0.29) is 11.7 Å². The Balaban J connectivity index is 2.42. The van der Waals surface area contributed by atoms with Crippen molar-refractivity contribution in [3.63, 3.8) is 0 Å². The molecule has 0 aromatic heterocycles. The highest BCUT2D eigenvalue weighted by molar-refractivity contribution is 9.10. The summed E-state index contributed by atoms with van der Waals surface area (Å²) in [7, 11) is 0. The van der Waals surface area contributed by atoms with Crippen LogP contribution in [-0.4, -0.2) is 24.5 Å². The minimum Gasteiger partial charge on any atom is -0.352 e. The number of hydrogen-bond acceptors (Lipinski definition) is 2. The summed E-state index contributed by atoms with van der Waals surface area (Å²) < 4.78 is 13.3. The fourth-order valence-corrected chi connectivity index (χ4v) is 2.37. The number of benzene rings is 1. The van der Waals surface area contributed by atoms with E-state index in [1.807, 2.05) is 0 Å². The summed E-state index contributed by atoms with van der Waals surface area (Å²) in [6.45, 7) is 0.656. The molecule has 0 aliphatic heterocycles. The zero-order chi connectivity index (χ0) is 12.7. The SMILES string of the molecule is CSCCCCNC(=O)c1ccc(F)cc1Br. The molecule has 0 saturated carbocycles. The van der Waals surface area contributed by atoms with Gasteiger partial charge in [0.1, 0.15) is 5.82 Å². The Kier molecular flexibility index (Phi) is 6.58. The summed E-state index contributed by atoms with van der Waals surface area (Å²) in [5, 5.41) is 2.82. The Labute approximate surface area is 113 Å². The molecule has 1 aromatic carbocycles. The maximum atomic E-state index is 12.8. The monoisotopic (exact) mass is 319 g/mol. The second kappa shape index (κ2) is 7.71. The minimum atomic E-state index is -0.353. The van der Waals surface area contributed by atoms with Gasteiger partial charge < -0.3 is 5.32 Å². The first-order valence-electron chi connectivity index (χ1n) is 5.37. The van der Waals surface area contributed by atoms with Gasteiger partial charge in [-0.1, -0.05) is 0 Å². The van der Waals surface area contributed by atoms with Crippen LogP contribution >= 0.6 is 27.7 Å². The molecule has 0 unspecified atom stereocenters. The zero-order valence-electron chi connectivity index (χ0n) is 9.63. The van der Waals surface area contributed by atoms with Crippen LogP contribution in [0.3, 0.4) is 0 Å². The molecule has 0 bridgehead atoms. The fourth-order valence-electron chi connectivity index (χ4n) is 1.34. The van der Waals surface area contributed by atoms with E-state index >= 15 is 0 Å². The maximum Gasteiger partial charge on any atom is 0.252 e. The number of rotatable bonds is 6. The first kappa shape index (κ1) is 14.5. The van der Waals surface area contributed by atoms with Crippen LogP contribution in [0.5, 0.6) is 0 Å². The van der Waals surface area contributed by atoms with Crippen LogP contribution in [0.2, 0.25) is 0 Å². The lowest BCUT2D eigenvalue weighted by atomic mass is 10.2. The Morgan fingerprint density at radius 2 is 2.24 bits per heavy atom. The van der Waals surface area contributed by atoms with Crippen LogP contribution in [0.25, 0.3) is 0 Å². The third-order valence-electron chi connectivity index (χ3n) is 2.24. The number of carbonyl (C=O) groups is 1. The maximum absolute atomic E-state index is 12.8. The number of halogens is 2. The third kappa shape index (κ3) is 5.08. The highest BCUT2D eigenvalue weighted by Gasteiger charge is 2.09. The molecular weight excluding hydrogens is 305 g/mol. The molecule has 17 heavy (non-hydrogen) atoms. The lowest BCUT2D eigenvalue weighted by molar-refractivity contribution is 0.0952. The molecule has 0 fully saturated rings. The molecule has 1 amide bonds. The molecular formula is C12H15BrFNOS. The Hall–Kier alpha value is -0.550. The van der Waals surface area contributed by atoms with Crippen molar-refractivity contribution in [2.75, 3.05) is 18.6 Å². The van der Waals surface area contributed by atoms with E-state index in [0.717, 1.165) is 18.6 Å². The topological polar surface area (TPSA) is 29.1 Å². The van der Waals surface area contributed by atoms with Gasteiger partial charge in [0.25, 0.3) is 5.91 Å². The van der Waals surface area contributed by atoms with Gasteiger partial charge in [0.15, 0.2) is 0 Å². The van der Waals surface area contributed by atoms with Gasteiger partial charge in [0.05, 0.1) is 5.56 Å². The summed E-state index contributed by atoms with van der Waals surface area (Å²) in [6, 6.07) is 4.06. The second-order valence-electron chi connectivity index (χ2n) is 3.58. The van der Waals surface area contributed by atoms with Gasteiger partial charge in [-0.05, 0) is 59.0 Å². The van der Waals surface area contributed by atoms with Crippen LogP contribution in [0.4, 0.5) is 4.39 Å². The summed E-state index contributed by atoms with van der Waals surface area (Å²) >= 11 is 4.98. The molecule has 0 saturated heterocycles. The van der Waals surface area contributed by atoms with Crippen molar-refractivity contribution >= 4 is 33.6 Å². The van der Waals surface area contributed by atoms with Gasteiger partial charge in [-0.3, -0.25) is 4.79 Å². The number of nitrogens with one attached hydrogen (secondary N) is 1. The average Bonchev–Trinajstić information content (AvgIpc) is 2.28. The van der Waals surface area contributed by atoms with Gasteiger partial charge in [-0.15, -0.1) is 0 Å². The van der Waals surface area contributed by atoms with Gasteiger partial charge in [-0.25, -0.2) is 4.39 Å². The van der Waals surface area contributed by atoms with Crippen molar-refractivity contribution in [2.24, 2.45) is 0 Å². The predicted molar refractivity (Wildman–Crippen MR) is 74.0 cm³/mol. The normalized spacial score (nSPS) is 10.3. The molecule has 1 rings (SSSR count). The molecule has 5 heteroatoms. The molecule has 0 atom stereocenters. The molecule has 1 aromatic rings. The van der Waals surface area contributed by atoms with E-state index < -0.39 is 0 Å². The minimum absolute atomic E-state index is 0.166. The number of carbonyl (C=O) groups excluding carboxylic acids is 1. The number of thioether (sulfide) groups is 1. The second-order valence-corrected chi connectivity index (χ2v) is 5.42. The Bertz CT molecular complexity index is 387. The van der Waals surface area contributed by atoms with E-state index in [0.29, 0.717) is 16.6 Å². The molecule has 0 heterocycles. The Morgan fingerprint density at radius 3 is 2.88 bits per heavy atom. The largest absolute Gasteiger partial charge is 0.352 e. The van der Waals surface area contributed by atoms with E-state index in [1.165, 1.54) is 18.2 Å². The lowest BCUT2D eigenvalue weighted by Crippen LogP contribution is -2.24. The summed E-state index contributed by atoms with van der Waals surface area (Å²) in [5.41, 5.74) is 0.469. The molecule has 0 radical (unpaired) electrons. The first-order valence-corrected chi connectivity index (χ1v) is 7.56. The van der Waals surface area contributed by atoms with E-state index in [9.17, 15) is 9.18 Å². The molecule has 1 N–H and O–H groups in total. The van der Waals surface area contributed by atoms with Crippen molar-refractivity contribution < 1.29 is 9.18 Å². The van der Waals surface area contributed by atoms with Crippen molar-refractivity contribution in [2.45, 2.75) is 12.8 Å². The highest BCUT2D eigenvalue weighted by Crippen LogP contribution is 2.17. The van der Waals surface area contributed by atoms with Crippen LogP contribution in [0.1, 0.15) is 23.2 Å². The lowest BCUT2D eigenvalue weighted by Gasteiger charge is -2.06. The van der Waals surface area contributed by atoms with Crippen molar-refractivity contribution in [1.29, 1.82) is 0 Å². The van der Waals surface area contributed by atoms with Crippen LogP contribution in [0, 0.1) is 5.82 Å². The van der Waals surface area contributed by atoms with E-state index in [2.05, 4.69) is 27.5 Å². The molecule has 0 spiro atoms. The van der Waals surface area contributed by atoms with Crippen molar-refractivity contribution in [3.8, 4) is 0 Å².